The van der Waals surface area contributed by atoms with Crippen molar-refractivity contribution >= 4 is 58.3 Å². The highest BCUT2D eigenvalue weighted by molar-refractivity contribution is 7.55. The van der Waals surface area contributed by atoms with E-state index >= 15 is 0 Å². The first kappa shape index (κ1) is 26.0. The van der Waals surface area contributed by atoms with Crippen molar-refractivity contribution in [2.24, 2.45) is 0 Å². The number of fused-ring (bicyclic) bond motifs is 1. The average molecular weight is 527 g/mol. The number of halogens is 2. The molecule has 0 spiro atoms. The van der Waals surface area contributed by atoms with Crippen molar-refractivity contribution in [1.82, 2.24) is 5.32 Å². The molecule has 0 aliphatic rings. The molecular weight excluding hydrogens is 506 g/mol. The summed E-state index contributed by atoms with van der Waals surface area (Å²) in [4.78, 5) is 23.2. The lowest BCUT2D eigenvalue weighted by Gasteiger charge is -2.25. The summed E-state index contributed by atoms with van der Waals surface area (Å²) in [7, 11) is -3.95. The Labute approximate surface area is 204 Å². The molecule has 1 aromatic heterocycles. The summed E-state index contributed by atoms with van der Waals surface area (Å²) < 4.78 is 39.4. The van der Waals surface area contributed by atoms with Crippen molar-refractivity contribution in [3.63, 3.8) is 0 Å². The number of amides is 1. The summed E-state index contributed by atoms with van der Waals surface area (Å²) in [5.41, 5.74) is -1.22. The Bertz CT molecular complexity index is 1290. The monoisotopic (exact) mass is 526 g/mol. The van der Waals surface area contributed by atoms with Gasteiger partial charge in [-0.1, -0.05) is 11.6 Å². The molecule has 2 aromatic carbocycles. The van der Waals surface area contributed by atoms with Crippen LogP contribution in [0, 0.1) is 15.9 Å². The molecule has 0 aliphatic heterocycles. The normalized spacial score (nSPS) is 12.8. The number of nitro benzene ring substituents is 1. The van der Waals surface area contributed by atoms with E-state index in [4.69, 9.17) is 20.6 Å². The van der Waals surface area contributed by atoms with Crippen LogP contribution in [-0.4, -0.2) is 24.0 Å². The van der Waals surface area contributed by atoms with Gasteiger partial charge >= 0.3 is 13.3 Å². The summed E-state index contributed by atoms with van der Waals surface area (Å²) in [5, 5.41) is 16.1. The minimum absolute atomic E-state index is 0.0573. The first-order valence-corrected chi connectivity index (χ1v) is 13.0. The number of rotatable bonds is 10. The number of carbonyl (C=O) groups excluding carboxylic acids is 1. The smallest absolute Gasteiger partial charge is 0.332 e. The van der Waals surface area contributed by atoms with Gasteiger partial charge in [-0.05, 0) is 72.1 Å². The number of nitrogens with zero attached hydrogens (tertiary/aromatic N) is 1. The van der Waals surface area contributed by atoms with Crippen LogP contribution in [-0.2, 0) is 18.4 Å². The molecular formula is C22H21ClFN2O6PS. The van der Waals surface area contributed by atoms with Crippen LogP contribution in [0.5, 0.6) is 0 Å². The molecule has 0 bridgehead atoms. The van der Waals surface area contributed by atoms with E-state index in [-0.39, 0.29) is 18.8 Å². The zero-order valence-corrected chi connectivity index (χ0v) is 20.7. The van der Waals surface area contributed by atoms with Crippen molar-refractivity contribution in [2.75, 3.05) is 13.2 Å². The second kappa shape index (κ2) is 11.2. The van der Waals surface area contributed by atoms with Gasteiger partial charge in [0.2, 0.25) is 11.7 Å². The molecule has 12 heteroatoms. The lowest BCUT2D eigenvalue weighted by molar-refractivity contribution is -0.387. The van der Waals surface area contributed by atoms with Crippen LogP contribution in [0.15, 0.2) is 48.0 Å². The fourth-order valence-electron chi connectivity index (χ4n) is 3.31. The molecule has 1 heterocycles. The number of nitrogens with one attached hydrogen (secondary N) is 1. The standard InChI is InChI=1S/C22H21ClFN2O6PS/c1-3-31-33(30,32-4-2)21(17-13-34-20-8-6-15(23)12-16(17)20)22(27)25-10-9-14-5-7-19(26(28)29)18(24)11-14/h5-13,21H,3-4H2,1-2H3,(H,25,27)/b10-9+. The van der Waals surface area contributed by atoms with Gasteiger partial charge in [-0.25, -0.2) is 0 Å². The summed E-state index contributed by atoms with van der Waals surface area (Å²) in [6.07, 6.45) is 2.59. The largest absolute Gasteiger partial charge is 0.347 e. The van der Waals surface area contributed by atoms with Crippen LogP contribution in [0.4, 0.5) is 10.1 Å². The quantitative estimate of drug-likeness (QED) is 0.179. The number of hydrogen-bond donors (Lipinski definition) is 1. The molecule has 0 saturated carbocycles. The zero-order valence-electron chi connectivity index (χ0n) is 18.2. The SMILES string of the molecule is CCOP(=O)(OCC)C(C(=O)N/C=C/c1ccc([N+](=O)[O-])c(F)c1)c1csc2ccc(Cl)cc12. The zero-order chi connectivity index (χ0) is 24.9. The Morgan fingerprint density at radius 1 is 1.26 bits per heavy atom. The van der Waals surface area contributed by atoms with Crippen LogP contribution in [0.25, 0.3) is 16.2 Å². The van der Waals surface area contributed by atoms with Crippen molar-refractivity contribution in [3.8, 4) is 0 Å². The minimum atomic E-state index is -3.95. The average Bonchev–Trinajstić information content (AvgIpc) is 3.16. The molecule has 1 atom stereocenters. The number of thiophene rings is 1. The van der Waals surface area contributed by atoms with Gasteiger partial charge in [-0.2, -0.15) is 4.39 Å². The Morgan fingerprint density at radius 3 is 2.59 bits per heavy atom. The van der Waals surface area contributed by atoms with Crippen molar-refractivity contribution < 1.29 is 27.7 Å². The predicted molar refractivity (Wildman–Crippen MR) is 131 cm³/mol. The van der Waals surface area contributed by atoms with E-state index in [1.165, 1.54) is 29.7 Å². The van der Waals surface area contributed by atoms with E-state index in [0.29, 0.717) is 16.0 Å². The molecule has 1 amide bonds. The van der Waals surface area contributed by atoms with Crippen molar-refractivity contribution in [2.45, 2.75) is 19.5 Å². The first-order valence-electron chi connectivity index (χ1n) is 10.2. The molecule has 3 rings (SSSR count). The number of carbonyl (C=O) groups is 1. The van der Waals surface area contributed by atoms with Crippen LogP contribution in [0.2, 0.25) is 5.02 Å². The van der Waals surface area contributed by atoms with E-state index in [0.717, 1.165) is 16.8 Å². The van der Waals surface area contributed by atoms with Crippen LogP contribution in [0.1, 0.15) is 30.6 Å². The third-order valence-electron chi connectivity index (χ3n) is 4.71. The van der Waals surface area contributed by atoms with Gasteiger partial charge in [-0.15, -0.1) is 11.3 Å². The molecule has 0 fully saturated rings. The molecule has 0 radical (unpaired) electrons. The second-order valence-corrected chi connectivity index (χ2v) is 10.4. The molecule has 1 unspecified atom stereocenters. The topological polar surface area (TPSA) is 108 Å². The third kappa shape index (κ3) is 5.71. The van der Waals surface area contributed by atoms with E-state index < -0.39 is 35.6 Å². The summed E-state index contributed by atoms with van der Waals surface area (Å²) in [5.74, 6) is -1.67. The summed E-state index contributed by atoms with van der Waals surface area (Å²) in [6, 6.07) is 8.53. The van der Waals surface area contributed by atoms with Gasteiger partial charge in [0.05, 0.1) is 18.1 Å². The minimum Gasteiger partial charge on any atom is -0.332 e. The van der Waals surface area contributed by atoms with Gasteiger partial charge in [0.1, 0.15) is 0 Å². The highest BCUT2D eigenvalue weighted by atomic mass is 35.5. The highest BCUT2D eigenvalue weighted by Gasteiger charge is 2.43. The Hall–Kier alpha value is -2.62. The lowest BCUT2D eigenvalue weighted by atomic mass is 10.1. The molecule has 0 aliphatic carbocycles. The van der Waals surface area contributed by atoms with Gasteiger partial charge in [-0.3, -0.25) is 19.5 Å². The van der Waals surface area contributed by atoms with E-state index in [1.807, 2.05) is 0 Å². The van der Waals surface area contributed by atoms with Gasteiger partial charge in [0.25, 0.3) is 0 Å². The number of nitro groups is 1. The number of hydrogen-bond acceptors (Lipinski definition) is 7. The Morgan fingerprint density at radius 2 is 1.97 bits per heavy atom. The molecule has 1 N–H and O–H groups in total. The Balaban J connectivity index is 1.96. The van der Waals surface area contributed by atoms with Crippen LogP contribution in [0.3, 0.4) is 0 Å². The fourth-order valence-corrected chi connectivity index (χ4v) is 6.56. The molecule has 8 nitrogen and oxygen atoms in total. The maximum atomic E-state index is 13.9. The fraction of sp³-hybridized carbons (Fsp3) is 0.227. The highest BCUT2D eigenvalue weighted by Crippen LogP contribution is 2.62. The van der Waals surface area contributed by atoms with E-state index in [2.05, 4.69) is 5.32 Å². The molecule has 180 valence electrons. The summed E-state index contributed by atoms with van der Waals surface area (Å²) in [6.45, 7) is 3.40. The molecule has 0 saturated heterocycles. The maximum Gasteiger partial charge on any atom is 0.347 e. The van der Waals surface area contributed by atoms with Gasteiger partial charge in [0.15, 0.2) is 5.66 Å². The Kier molecular flexibility index (Phi) is 8.57. The number of benzene rings is 2. The van der Waals surface area contributed by atoms with E-state index in [9.17, 15) is 23.9 Å². The molecule has 3 aromatic rings. The maximum absolute atomic E-state index is 13.9. The van der Waals surface area contributed by atoms with Crippen molar-refractivity contribution in [1.29, 1.82) is 0 Å². The third-order valence-corrected chi connectivity index (χ3v) is 8.31. The van der Waals surface area contributed by atoms with Crippen molar-refractivity contribution in [3.05, 3.63) is 80.1 Å². The summed E-state index contributed by atoms with van der Waals surface area (Å²) >= 11 is 7.51. The molecule has 34 heavy (non-hydrogen) atoms. The second-order valence-electron chi connectivity index (χ2n) is 6.92. The van der Waals surface area contributed by atoms with Gasteiger partial charge < -0.3 is 14.4 Å². The first-order chi connectivity index (χ1) is 16.2. The van der Waals surface area contributed by atoms with Gasteiger partial charge in [0, 0.05) is 22.0 Å². The van der Waals surface area contributed by atoms with E-state index in [1.54, 1.807) is 37.4 Å². The van der Waals surface area contributed by atoms with Crippen LogP contribution < -0.4 is 5.32 Å². The lowest BCUT2D eigenvalue weighted by Crippen LogP contribution is -2.26. The van der Waals surface area contributed by atoms with Crippen LogP contribution >= 0.6 is 30.5 Å². The predicted octanol–water partition coefficient (Wildman–Crippen LogP) is 6.70.